The third-order valence-electron chi connectivity index (χ3n) is 3.64. The van der Waals surface area contributed by atoms with Gasteiger partial charge in [-0.2, -0.15) is 0 Å². The maximum absolute atomic E-state index is 2.43. The van der Waals surface area contributed by atoms with Crippen LogP contribution >= 0.6 is 0 Å². The smallest absolute Gasteiger partial charge is 0.00159 e. The lowest BCUT2D eigenvalue weighted by Crippen LogP contribution is -2.26. The summed E-state index contributed by atoms with van der Waals surface area (Å²) in [5, 5.41) is 0. The highest BCUT2D eigenvalue weighted by Gasteiger charge is 2.14. The number of allylic oxidation sites excluding steroid dienone is 1. The molecule has 1 saturated heterocycles. The molecule has 0 aliphatic carbocycles. The summed E-state index contributed by atoms with van der Waals surface area (Å²) >= 11 is 0. The van der Waals surface area contributed by atoms with E-state index >= 15 is 0 Å². The molecule has 0 saturated carbocycles. The second-order valence-corrected chi connectivity index (χ2v) is 5.00. The zero-order chi connectivity index (χ0) is 12.1. The monoisotopic (exact) mass is 229 g/mol. The van der Waals surface area contributed by atoms with E-state index in [9.17, 15) is 0 Å². The molecule has 1 aromatic rings. The molecule has 1 aliphatic heterocycles. The second-order valence-electron chi connectivity index (χ2n) is 5.00. The Morgan fingerprint density at radius 3 is 2.35 bits per heavy atom. The molecule has 0 radical (unpaired) electrons. The van der Waals surface area contributed by atoms with Crippen LogP contribution in [0.15, 0.2) is 35.9 Å². The first-order valence-electron chi connectivity index (χ1n) is 6.76. The van der Waals surface area contributed by atoms with Crippen LogP contribution in [-0.2, 0) is 0 Å². The standard InChI is InChI=1S/C16H23N/c1-3-7-16(14-8-5-4-6-9-14)15-10-12-17(2)13-11-15/h4-6,8-9H,3,7,10-13H2,1-2H3. The van der Waals surface area contributed by atoms with E-state index < -0.39 is 0 Å². The Morgan fingerprint density at radius 1 is 1.12 bits per heavy atom. The van der Waals surface area contributed by atoms with Gasteiger partial charge in [0, 0.05) is 13.1 Å². The highest BCUT2D eigenvalue weighted by molar-refractivity contribution is 5.68. The Kier molecular flexibility index (Phi) is 4.38. The van der Waals surface area contributed by atoms with Gasteiger partial charge in [0.2, 0.25) is 0 Å². The molecule has 0 unspecified atom stereocenters. The van der Waals surface area contributed by atoms with Gasteiger partial charge >= 0.3 is 0 Å². The summed E-state index contributed by atoms with van der Waals surface area (Å²) < 4.78 is 0. The molecule has 0 spiro atoms. The number of piperidine rings is 1. The molecule has 17 heavy (non-hydrogen) atoms. The van der Waals surface area contributed by atoms with Gasteiger partial charge in [-0.25, -0.2) is 0 Å². The Bertz CT molecular complexity index is 368. The zero-order valence-electron chi connectivity index (χ0n) is 11.1. The fourth-order valence-electron chi connectivity index (χ4n) is 2.60. The van der Waals surface area contributed by atoms with Crippen molar-refractivity contribution in [2.75, 3.05) is 20.1 Å². The minimum absolute atomic E-state index is 1.22. The van der Waals surface area contributed by atoms with Gasteiger partial charge in [0.05, 0.1) is 0 Å². The molecule has 92 valence electrons. The van der Waals surface area contributed by atoms with Gasteiger partial charge in [0.15, 0.2) is 0 Å². The molecular formula is C16H23N. The predicted molar refractivity (Wildman–Crippen MR) is 75.0 cm³/mol. The lowest BCUT2D eigenvalue weighted by Gasteiger charge is -2.26. The van der Waals surface area contributed by atoms with E-state index in [0.29, 0.717) is 0 Å². The first-order valence-corrected chi connectivity index (χ1v) is 6.76. The topological polar surface area (TPSA) is 3.24 Å². The van der Waals surface area contributed by atoms with Crippen LogP contribution in [0.25, 0.3) is 5.57 Å². The van der Waals surface area contributed by atoms with Gasteiger partial charge in [-0.15, -0.1) is 0 Å². The molecule has 0 N–H and O–H groups in total. The highest BCUT2D eigenvalue weighted by Crippen LogP contribution is 2.29. The molecule has 1 heteroatoms. The summed E-state index contributed by atoms with van der Waals surface area (Å²) in [6.07, 6.45) is 4.97. The van der Waals surface area contributed by atoms with Crippen molar-refractivity contribution in [3.05, 3.63) is 41.5 Å². The molecular weight excluding hydrogens is 206 g/mol. The summed E-state index contributed by atoms with van der Waals surface area (Å²) in [5.41, 5.74) is 4.74. The highest BCUT2D eigenvalue weighted by atomic mass is 15.1. The second kappa shape index (κ2) is 6.02. The summed E-state index contributed by atoms with van der Waals surface area (Å²) in [4.78, 5) is 2.43. The molecule has 2 rings (SSSR count). The van der Waals surface area contributed by atoms with Crippen LogP contribution < -0.4 is 0 Å². The minimum atomic E-state index is 1.22. The van der Waals surface area contributed by atoms with E-state index in [4.69, 9.17) is 0 Å². The van der Waals surface area contributed by atoms with Crippen molar-refractivity contribution in [1.29, 1.82) is 0 Å². The van der Waals surface area contributed by atoms with Crippen molar-refractivity contribution < 1.29 is 0 Å². The fourth-order valence-corrected chi connectivity index (χ4v) is 2.60. The van der Waals surface area contributed by atoms with E-state index in [1.54, 1.807) is 11.1 Å². The molecule has 1 fully saturated rings. The molecule has 1 aromatic carbocycles. The molecule has 0 atom stereocenters. The van der Waals surface area contributed by atoms with Crippen molar-refractivity contribution in [2.45, 2.75) is 32.6 Å². The summed E-state index contributed by atoms with van der Waals surface area (Å²) in [5.74, 6) is 0. The van der Waals surface area contributed by atoms with Gasteiger partial charge in [0.1, 0.15) is 0 Å². The first kappa shape index (κ1) is 12.4. The maximum Gasteiger partial charge on any atom is 0.00159 e. The van der Waals surface area contributed by atoms with Crippen molar-refractivity contribution in [3.63, 3.8) is 0 Å². The van der Waals surface area contributed by atoms with Crippen LogP contribution in [0.2, 0.25) is 0 Å². The third-order valence-corrected chi connectivity index (χ3v) is 3.64. The average molecular weight is 229 g/mol. The van der Waals surface area contributed by atoms with Gasteiger partial charge in [0.25, 0.3) is 0 Å². The van der Waals surface area contributed by atoms with Crippen molar-refractivity contribution in [3.8, 4) is 0 Å². The molecule has 0 amide bonds. The number of benzene rings is 1. The number of hydrogen-bond donors (Lipinski definition) is 0. The van der Waals surface area contributed by atoms with E-state index in [1.165, 1.54) is 44.3 Å². The lowest BCUT2D eigenvalue weighted by atomic mass is 9.90. The van der Waals surface area contributed by atoms with Gasteiger partial charge < -0.3 is 4.90 Å². The molecule has 1 aliphatic rings. The van der Waals surface area contributed by atoms with Crippen LogP contribution in [0.4, 0.5) is 0 Å². The van der Waals surface area contributed by atoms with Crippen LogP contribution in [0.5, 0.6) is 0 Å². The molecule has 0 bridgehead atoms. The quantitative estimate of drug-likeness (QED) is 0.758. The fraction of sp³-hybridized carbons (Fsp3) is 0.500. The van der Waals surface area contributed by atoms with Gasteiger partial charge in [-0.05, 0) is 37.4 Å². The average Bonchev–Trinajstić information content (AvgIpc) is 2.38. The Hall–Kier alpha value is -1.08. The third kappa shape index (κ3) is 3.19. The zero-order valence-corrected chi connectivity index (χ0v) is 11.1. The van der Waals surface area contributed by atoms with Gasteiger partial charge in [-0.3, -0.25) is 0 Å². The number of hydrogen-bond acceptors (Lipinski definition) is 1. The minimum Gasteiger partial charge on any atom is -0.306 e. The van der Waals surface area contributed by atoms with Crippen molar-refractivity contribution in [2.24, 2.45) is 0 Å². The van der Waals surface area contributed by atoms with E-state index in [2.05, 4.69) is 49.2 Å². The van der Waals surface area contributed by atoms with Crippen molar-refractivity contribution >= 4 is 5.57 Å². The summed E-state index contributed by atoms with van der Waals surface area (Å²) in [7, 11) is 2.22. The Balaban J connectivity index is 2.25. The van der Waals surface area contributed by atoms with Crippen LogP contribution in [0.1, 0.15) is 38.2 Å². The van der Waals surface area contributed by atoms with E-state index in [0.717, 1.165) is 0 Å². The van der Waals surface area contributed by atoms with E-state index in [-0.39, 0.29) is 0 Å². The number of rotatable bonds is 3. The SMILES string of the molecule is CCCC(=C1CCN(C)CC1)c1ccccc1. The van der Waals surface area contributed by atoms with Crippen LogP contribution in [-0.4, -0.2) is 25.0 Å². The van der Waals surface area contributed by atoms with Crippen molar-refractivity contribution in [1.82, 2.24) is 4.90 Å². The van der Waals surface area contributed by atoms with Gasteiger partial charge in [-0.1, -0.05) is 49.2 Å². The predicted octanol–water partition coefficient (Wildman–Crippen LogP) is 3.97. The normalized spacial score (nSPS) is 17.2. The lowest BCUT2D eigenvalue weighted by molar-refractivity contribution is 0.312. The largest absolute Gasteiger partial charge is 0.306 e. The summed E-state index contributed by atoms with van der Waals surface area (Å²) in [6.45, 7) is 4.71. The Labute approximate surface area is 105 Å². The maximum atomic E-state index is 2.43. The van der Waals surface area contributed by atoms with Crippen LogP contribution in [0.3, 0.4) is 0 Å². The molecule has 1 nitrogen and oxygen atoms in total. The first-order chi connectivity index (χ1) is 8.31. The van der Waals surface area contributed by atoms with E-state index in [1.807, 2.05) is 0 Å². The number of likely N-dealkylation sites (tertiary alicyclic amines) is 1. The summed E-state index contributed by atoms with van der Waals surface area (Å²) in [6, 6.07) is 10.9. The molecule has 0 aromatic heterocycles. The molecule has 1 heterocycles. The Morgan fingerprint density at radius 2 is 1.76 bits per heavy atom. The van der Waals surface area contributed by atoms with Crippen LogP contribution in [0, 0.1) is 0 Å². The number of nitrogens with zero attached hydrogens (tertiary/aromatic N) is 1.